The number of aliphatic hydroxyl groups is 1. The minimum atomic E-state index is 0.0598. The van der Waals surface area contributed by atoms with Crippen LogP contribution in [0.1, 0.15) is 20.8 Å². The molecule has 0 radical (unpaired) electrons. The van der Waals surface area contributed by atoms with Gasteiger partial charge in [-0.15, -0.1) is 23.6 Å². The van der Waals surface area contributed by atoms with E-state index in [1.807, 2.05) is 13.8 Å². The Labute approximate surface area is 102 Å². The molecule has 0 bridgehead atoms. The van der Waals surface area contributed by atoms with Gasteiger partial charge in [0.05, 0.1) is 29.8 Å². The Hall–Kier alpha value is -0.610. The van der Waals surface area contributed by atoms with Crippen molar-refractivity contribution in [1.82, 2.24) is 0 Å². The molecular formula is C13H18O2S. The van der Waals surface area contributed by atoms with E-state index >= 15 is 0 Å². The zero-order chi connectivity index (χ0) is 12.0. The summed E-state index contributed by atoms with van der Waals surface area (Å²) in [6, 6.07) is 0. The summed E-state index contributed by atoms with van der Waals surface area (Å²) < 4.78 is 5.67. The standard InChI is InChI=1S/C13H18O2S/c1-4-6-11-10(3)13(15-9-8-14)12(16-11)7-5-2/h10-14H,8-9H2,1-3H3. The van der Waals surface area contributed by atoms with Crippen LogP contribution in [0.2, 0.25) is 0 Å². The highest BCUT2D eigenvalue weighted by atomic mass is 32.2. The molecule has 0 aromatic carbocycles. The molecule has 16 heavy (non-hydrogen) atoms. The van der Waals surface area contributed by atoms with Gasteiger partial charge < -0.3 is 9.84 Å². The van der Waals surface area contributed by atoms with E-state index in [1.54, 1.807) is 11.8 Å². The van der Waals surface area contributed by atoms with E-state index in [0.717, 1.165) is 0 Å². The lowest BCUT2D eigenvalue weighted by atomic mass is 9.98. The van der Waals surface area contributed by atoms with Gasteiger partial charge in [0.1, 0.15) is 0 Å². The van der Waals surface area contributed by atoms with Crippen LogP contribution in [0, 0.1) is 29.6 Å². The third kappa shape index (κ3) is 3.19. The lowest BCUT2D eigenvalue weighted by Crippen LogP contribution is -2.29. The van der Waals surface area contributed by atoms with Gasteiger partial charge in [-0.2, -0.15) is 0 Å². The summed E-state index contributed by atoms with van der Waals surface area (Å²) >= 11 is 1.77. The topological polar surface area (TPSA) is 29.5 Å². The molecule has 1 fully saturated rings. The summed E-state index contributed by atoms with van der Waals surface area (Å²) in [6.45, 7) is 6.28. The summed E-state index contributed by atoms with van der Waals surface area (Å²) in [7, 11) is 0. The average Bonchev–Trinajstić information content (AvgIpc) is 2.55. The number of hydrogen-bond acceptors (Lipinski definition) is 3. The van der Waals surface area contributed by atoms with Crippen LogP contribution in [0.3, 0.4) is 0 Å². The number of hydrogen-bond donors (Lipinski definition) is 1. The summed E-state index contributed by atoms with van der Waals surface area (Å²) in [4.78, 5) is 0. The Kier molecular flexibility index (Phi) is 5.77. The zero-order valence-corrected chi connectivity index (χ0v) is 10.8. The molecule has 0 aliphatic carbocycles. The Bertz CT molecular complexity index is 331. The maximum atomic E-state index is 8.80. The molecule has 2 nitrogen and oxygen atoms in total. The van der Waals surface area contributed by atoms with Crippen LogP contribution in [0.4, 0.5) is 0 Å². The summed E-state index contributed by atoms with van der Waals surface area (Å²) in [5.74, 6) is 12.6. The third-order valence-corrected chi connectivity index (χ3v) is 4.08. The highest BCUT2D eigenvalue weighted by Gasteiger charge is 2.40. The number of aliphatic hydroxyl groups excluding tert-OH is 1. The van der Waals surface area contributed by atoms with Crippen molar-refractivity contribution in [2.75, 3.05) is 13.2 Å². The van der Waals surface area contributed by atoms with Crippen LogP contribution in [-0.4, -0.2) is 34.9 Å². The van der Waals surface area contributed by atoms with Gasteiger partial charge in [-0.1, -0.05) is 18.8 Å². The van der Waals surface area contributed by atoms with Crippen molar-refractivity contribution in [2.45, 2.75) is 37.4 Å². The first-order chi connectivity index (χ1) is 7.74. The Morgan fingerprint density at radius 2 is 1.81 bits per heavy atom. The van der Waals surface area contributed by atoms with Crippen molar-refractivity contribution >= 4 is 11.8 Å². The molecule has 1 aliphatic heterocycles. The van der Waals surface area contributed by atoms with E-state index in [1.165, 1.54) is 0 Å². The second-order valence-electron chi connectivity index (χ2n) is 3.68. The molecule has 4 atom stereocenters. The van der Waals surface area contributed by atoms with Crippen LogP contribution in [0.15, 0.2) is 0 Å². The maximum absolute atomic E-state index is 8.80. The van der Waals surface area contributed by atoms with Gasteiger partial charge in [0, 0.05) is 5.92 Å². The van der Waals surface area contributed by atoms with E-state index in [-0.39, 0.29) is 18.0 Å². The SMILES string of the molecule is CC#CC1SC(C#CC)C(OCCO)C1C. The maximum Gasteiger partial charge on any atom is 0.0933 e. The molecule has 1 aliphatic rings. The molecule has 0 spiro atoms. The second-order valence-corrected chi connectivity index (χ2v) is 4.97. The first kappa shape index (κ1) is 13.5. The molecule has 1 N–H and O–H groups in total. The van der Waals surface area contributed by atoms with Gasteiger partial charge in [-0.3, -0.25) is 0 Å². The zero-order valence-electron chi connectivity index (χ0n) is 9.99. The van der Waals surface area contributed by atoms with Crippen LogP contribution in [0.5, 0.6) is 0 Å². The molecule has 4 unspecified atom stereocenters. The molecule has 0 saturated carbocycles. The van der Waals surface area contributed by atoms with Crippen LogP contribution in [0.25, 0.3) is 0 Å². The van der Waals surface area contributed by atoms with Crippen molar-refractivity contribution in [2.24, 2.45) is 5.92 Å². The second kappa shape index (κ2) is 6.86. The van der Waals surface area contributed by atoms with E-state index < -0.39 is 0 Å². The Morgan fingerprint density at radius 1 is 1.19 bits per heavy atom. The van der Waals surface area contributed by atoms with Crippen LogP contribution >= 0.6 is 11.8 Å². The van der Waals surface area contributed by atoms with Gasteiger partial charge in [0.2, 0.25) is 0 Å². The van der Waals surface area contributed by atoms with Gasteiger partial charge in [-0.05, 0) is 13.8 Å². The minimum Gasteiger partial charge on any atom is -0.394 e. The van der Waals surface area contributed by atoms with Gasteiger partial charge in [-0.25, -0.2) is 0 Å². The van der Waals surface area contributed by atoms with E-state index in [0.29, 0.717) is 17.8 Å². The molecule has 1 heterocycles. The van der Waals surface area contributed by atoms with Crippen molar-refractivity contribution in [3.63, 3.8) is 0 Å². The molecular weight excluding hydrogens is 220 g/mol. The van der Waals surface area contributed by atoms with Crippen molar-refractivity contribution in [3.8, 4) is 23.7 Å². The largest absolute Gasteiger partial charge is 0.394 e. The predicted octanol–water partition coefficient (Wildman–Crippen LogP) is 1.53. The fourth-order valence-corrected chi connectivity index (χ4v) is 3.37. The first-order valence-electron chi connectivity index (χ1n) is 5.47. The molecule has 3 heteroatoms. The summed E-state index contributed by atoms with van der Waals surface area (Å²) in [5, 5.41) is 9.27. The Balaban J connectivity index is 2.73. The summed E-state index contributed by atoms with van der Waals surface area (Å²) in [5.41, 5.74) is 0. The van der Waals surface area contributed by atoms with Gasteiger partial charge >= 0.3 is 0 Å². The van der Waals surface area contributed by atoms with E-state index in [2.05, 4.69) is 30.6 Å². The molecule has 1 saturated heterocycles. The van der Waals surface area contributed by atoms with Crippen LogP contribution in [-0.2, 0) is 4.74 Å². The average molecular weight is 238 g/mol. The number of ether oxygens (including phenoxy) is 1. The summed E-state index contributed by atoms with van der Waals surface area (Å²) in [6.07, 6.45) is 0.0791. The quantitative estimate of drug-likeness (QED) is 0.756. The lowest BCUT2D eigenvalue weighted by Gasteiger charge is -2.19. The van der Waals surface area contributed by atoms with Crippen LogP contribution < -0.4 is 0 Å². The molecule has 0 amide bonds. The van der Waals surface area contributed by atoms with E-state index in [4.69, 9.17) is 9.84 Å². The van der Waals surface area contributed by atoms with Crippen molar-refractivity contribution in [3.05, 3.63) is 0 Å². The smallest absolute Gasteiger partial charge is 0.0933 e. The third-order valence-electron chi connectivity index (χ3n) is 2.56. The molecule has 0 aromatic rings. The number of rotatable bonds is 3. The molecule has 88 valence electrons. The van der Waals surface area contributed by atoms with Crippen molar-refractivity contribution < 1.29 is 9.84 Å². The number of thioether (sulfide) groups is 1. The fourth-order valence-electron chi connectivity index (χ4n) is 1.80. The monoisotopic (exact) mass is 238 g/mol. The highest BCUT2D eigenvalue weighted by molar-refractivity contribution is 8.01. The lowest BCUT2D eigenvalue weighted by molar-refractivity contribution is 0.0125. The van der Waals surface area contributed by atoms with Crippen molar-refractivity contribution in [1.29, 1.82) is 0 Å². The molecule has 1 rings (SSSR count). The minimum absolute atomic E-state index is 0.0598. The predicted molar refractivity (Wildman–Crippen MR) is 68.1 cm³/mol. The molecule has 0 aromatic heterocycles. The fraction of sp³-hybridized carbons (Fsp3) is 0.692. The normalized spacial score (nSPS) is 32.5. The van der Waals surface area contributed by atoms with Gasteiger partial charge in [0.15, 0.2) is 0 Å². The Morgan fingerprint density at radius 3 is 2.38 bits per heavy atom. The van der Waals surface area contributed by atoms with Gasteiger partial charge in [0.25, 0.3) is 0 Å². The van der Waals surface area contributed by atoms with E-state index in [9.17, 15) is 0 Å². The highest BCUT2D eigenvalue weighted by Crippen LogP contribution is 2.39. The first-order valence-corrected chi connectivity index (χ1v) is 6.41.